The highest BCUT2D eigenvalue weighted by atomic mass is 16.5. The molecule has 12 nitrogen and oxygen atoms in total. The predicted molar refractivity (Wildman–Crippen MR) is 125 cm³/mol. The van der Waals surface area contributed by atoms with E-state index in [-0.39, 0.29) is 32.0 Å². The summed E-state index contributed by atoms with van der Waals surface area (Å²) in [6, 6.07) is 6.36. The van der Waals surface area contributed by atoms with Gasteiger partial charge in [-0.1, -0.05) is 43.7 Å². The largest absolute Gasteiger partial charge is 0.445 e. The van der Waals surface area contributed by atoms with Crippen molar-refractivity contribution in [2.75, 3.05) is 13.2 Å². The Labute approximate surface area is 198 Å². The molecule has 0 unspecified atom stereocenters. The van der Waals surface area contributed by atoms with Gasteiger partial charge in [-0.15, -0.1) is 0 Å². The van der Waals surface area contributed by atoms with Crippen LogP contribution in [-0.2, 0) is 25.7 Å². The number of aliphatic hydroxyl groups excluding tert-OH is 1. The predicted octanol–water partition coefficient (Wildman–Crippen LogP) is -0.922. The number of hydrogen-bond donors (Lipinski definition) is 6. The minimum atomic E-state index is -1.98. The quantitative estimate of drug-likeness (QED) is 0.0603. The van der Waals surface area contributed by atoms with Gasteiger partial charge in [-0.05, 0) is 24.8 Å². The molecule has 0 saturated carbocycles. The zero-order chi connectivity index (χ0) is 25.6. The van der Waals surface area contributed by atoms with Gasteiger partial charge in [-0.3, -0.25) is 14.6 Å². The highest BCUT2D eigenvalue weighted by Crippen LogP contribution is 2.17. The first kappa shape index (κ1) is 28.5. The molecule has 9 N–H and O–H groups in total. The zero-order valence-electron chi connectivity index (χ0n) is 19.2. The van der Waals surface area contributed by atoms with Crippen LogP contribution in [0, 0.1) is 0 Å². The average molecular weight is 479 g/mol. The molecule has 0 bridgehead atoms. The number of rotatable bonds is 15. The van der Waals surface area contributed by atoms with Crippen molar-refractivity contribution in [3.63, 3.8) is 0 Å². The summed E-state index contributed by atoms with van der Waals surface area (Å²) in [6.45, 7) is 1.07. The van der Waals surface area contributed by atoms with E-state index in [0.717, 1.165) is 5.56 Å². The molecule has 0 saturated heterocycles. The number of amides is 2. The van der Waals surface area contributed by atoms with Crippen LogP contribution in [0.5, 0.6) is 0 Å². The number of nitrogens with zero attached hydrogens (tertiary/aromatic N) is 1. The molecule has 0 aliphatic heterocycles. The van der Waals surface area contributed by atoms with E-state index in [2.05, 4.69) is 15.6 Å². The number of nitrogens with two attached hydrogens (primary N) is 3. The Morgan fingerprint density at radius 3 is 2.47 bits per heavy atom. The van der Waals surface area contributed by atoms with Crippen molar-refractivity contribution in [3.8, 4) is 0 Å². The molecular weight excluding hydrogens is 444 g/mol. The Balaban J connectivity index is 2.92. The summed E-state index contributed by atoms with van der Waals surface area (Å²) in [4.78, 5) is 53.8. The van der Waals surface area contributed by atoms with Gasteiger partial charge < -0.3 is 42.5 Å². The Morgan fingerprint density at radius 1 is 1.24 bits per heavy atom. The Kier molecular flexibility index (Phi) is 12.2. The number of ether oxygens (including phenoxy) is 1. The molecule has 0 aliphatic rings. The highest BCUT2D eigenvalue weighted by Gasteiger charge is 2.43. The summed E-state index contributed by atoms with van der Waals surface area (Å²) in [7, 11) is 0. The first-order valence-electron chi connectivity index (χ1n) is 10.9. The van der Waals surface area contributed by atoms with Crippen LogP contribution in [0.25, 0.3) is 0 Å². The van der Waals surface area contributed by atoms with Crippen molar-refractivity contribution in [2.45, 2.75) is 56.8 Å². The van der Waals surface area contributed by atoms with Gasteiger partial charge in [0.15, 0.2) is 23.6 Å². The van der Waals surface area contributed by atoms with Crippen LogP contribution in [-0.4, -0.2) is 65.9 Å². The summed E-state index contributed by atoms with van der Waals surface area (Å²) in [5, 5.41) is 14.2. The molecule has 0 spiro atoms. The molecule has 2 amide bonds. The molecule has 1 aromatic carbocycles. The number of nitrogens with one attached hydrogen (secondary N) is 2. The van der Waals surface area contributed by atoms with Crippen LogP contribution < -0.4 is 27.8 Å². The lowest BCUT2D eigenvalue weighted by atomic mass is 9.84. The standard InChI is InChI=1S/C22H34N6O6/c1-2-7-16(23)18(31)22(14-30,10-6-11-26-20(24)25)28-19(32)17(12-29)27-21(33)34-13-15-8-4-3-5-9-15/h3-5,8-9,14,16-17,29H,2,6-7,10-13,23H2,1H3,(H,27,33)(H,28,32)(H4,24,25,26)/t16-,17+,22-/m0/s1. The van der Waals surface area contributed by atoms with Gasteiger partial charge in [0.25, 0.3) is 0 Å². The SMILES string of the molecule is CCC[C@H](N)C(=O)[C@@](C=O)(CCCN=C(N)N)NC(=O)[C@@H](CO)NC(=O)OCc1ccccc1. The van der Waals surface area contributed by atoms with E-state index in [1.54, 1.807) is 30.3 Å². The van der Waals surface area contributed by atoms with Crippen molar-refractivity contribution < 1.29 is 29.0 Å². The lowest BCUT2D eigenvalue weighted by molar-refractivity contribution is -0.138. The fourth-order valence-corrected chi connectivity index (χ4v) is 3.14. The van der Waals surface area contributed by atoms with Gasteiger partial charge in [0, 0.05) is 6.54 Å². The normalized spacial score (nSPS) is 14.1. The van der Waals surface area contributed by atoms with E-state index < -0.39 is 42.0 Å². The number of aliphatic hydroxyl groups is 1. The summed E-state index contributed by atoms with van der Waals surface area (Å²) >= 11 is 0. The smallest absolute Gasteiger partial charge is 0.408 e. The molecule has 0 aromatic heterocycles. The van der Waals surface area contributed by atoms with Crippen LogP contribution >= 0.6 is 0 Å². The number of ketones is 1. The first-order valence-corrected chi connectivity index (χ1v) is 10.9. The molecule has 34 heavy (non-hydrogen) atoms. The summed E-state index contributed by atoms with van der Waals surface area (Å²) in [5.74, 6) is -1.80. The van der Waals surface area contributed by atoms with Gasteiger partial charge in [0.05, 0.1) is 12.6 Å². The molecule has 1 aromatic rings. The fraction of sp³-hybridized carbons (Fsp3) is 0.500. The third-order valence-electron chi connectivity index (χ3n) is 4.95. The van der Waals surface area contributed by atoms with E-state index in [4.69, 9.17) is 21.9 Å². The lowest BCUT2D eigenvalue weighted by Gasteiger charge is -2.31. The van der Waals surface area contributed by atoms with Gasteiger partial charge in [-0.2, -0.15) is 0 Å². The van der Waals surface area contributed by atoms with Crippen LogP contribution in [0.2, 0.25) is 0 Å². The molecular formula is C22H34N6O6. The van der Waals surface area contributed by atoms with E-state index in [0.29, 0.717) is 19.1 Å². The van der Waals surface area contributed by atoms with Crippen LogP contribution in [0.3, 0.4) is 0 Å². The lowest BCUT2D eigenvalue weighted by Crippen LogP contribution is -2.64. The topological polar surface area (TPSA) is 212 Å². The molecule has 188 valence electrons. The maximum atomic E-state index is 13.0. The number of Topliss-reactive ketones (excluding diaryl/α,β-unsaturated/α-hetero) is 1. The minimum absolute atomic E-state index is 0.0557. The molecule has 0 radical (unpaired) electrons. The van der Waals surface area contributed by atoms with Crippen molar-refractivity contribution in [2.24, 2.45) is 22.2 Å². The van der Waals surface area contributed by atoms with Gasteiger partial charge >= 0.3 is 6.09 Å². The highest BCUT2D eigenvalue weighted by molar-refractivity contribution is 6.08. The van der Waals surface area contributed by atoms with Crippen molar-refractivity contribution in [3.05, 3.63) is 35.9 Å². The third kappa shape index (κ3) is 9.16. The molecule has 0 heterocycles. The Bertz CT molecular complexity index is 846. The molecule has 0 aliphatic carbocycles. The average Bonchev–Trinajstić information content (AvgIpc) is 2.83. The third-order valence-corrected chi connectivity index (χ3v) is 4.95. The summed E-state index contributed by atoms with van der Waals surface area (Å²) in [6.07, 6.45) is 0.268. The molecule has 0 fully saturated rings. The number of carbonyl (C=O) groups excluding carboxylic acids is 4. The number of benzene rings is 1. The monoisotopic (exact) mass is 478 g/mol. The van der Waals surface area contributed by atoms with E-state index >= 15 is 0 Å². The second kappa shape index (κ2) is 14.6. The summed E-state index contributed by atoms with van der Waals surface area (Å²) in [5.41, 5.74) is 15.3. The van der Waals surface area contributed by atoms with Gasteiger partial charge in [0.2, 0.25) is 5.91 Å². The molecule has 1 rings (SSSR count). The zero-order valence-corrected chi connectivity index (χ0v) is 19.2. The number of carbonyl (C=O) groups is 4. The van der Waals surface area contributed by atoms with Crippen LogP contribution in [0.15, 0.2) is 35.3 Å². The van der Waals surface area contributed by atoms with Gasteiger partial charge in [0.1, 0.15) is 12.6 Å². The van der Waals surface area contributed by atoms with Crippen molar-refractivity contribution >= 4 is 30.0 Å². The van der Waals surface area contributed by atoms with Crippen LogP contribution in [0.1, 0.15) is 38.2 Å². The summed E-state index contributed by atoms with van der Waals surface area (Å²) < 4.78 is 5.05. The number of aliphatic imine (C=N–C) groups is 1. The Hall–Kier alpha value is -3.51. The fourth-order valence-electron chi connectivity index (χ4n) is 3.14. The number of guanidine groups is 1. The van der Waals surface area contributed by atoms with Crippen molar-refractivity contribution in [1.82, 2.24) is 10.6 Å². The number of hydrogen-bond acceptors (Lipinski definition) is 8. The maximum absolute atomic E-state index is 13.0. The van der Waals surface area contributed by atoms with E-state index in [1.165, 1.54) is 0 Å². The Morgan fingerprint density at radius 2 is 1.91 bits per heavy atom. The minimum Gasteiger partial charge on any atom is -0.445 e. The number of alkyl carbamates (subject to hydrolysis) is 1. The van der Waals surface area contributed by atoms with E-state index in [9.17, 15) is 24.3 Å². The van der Waals surface area contributed by atoms with Gasteiger partial charge in [-0.25, -0.2) is 4.79 Å². The number of aldehydes is 1. The van der Waals surface area contributed by atoms with E-state index in [1.807, 2.05) is 6.92 Å². The maximum Gasteiger partial charge on any atom is 0.408 e. The van der Waals surface area contributed by atoms with Crippen LogP contribution in [0.4, 0.5) is 4.79 Å². The molecule has 3 atom stereocenters. The first-order chi connectivity index (χ1) is 16.2. The second-order valence-corrected chi connectivity index (χ2v) is 7.69. The van der Waals surface area contributed by atoms with Crippen molar-refractivity contribution in [1.29, 1.82) is 0 Å². The molecule has 12 heteroatoms. The second-order valence-electron chi connectivity index (χ2n) is 7.69.